The Morgan fingerprint density at radius 3 is 2.89 bits per heavy atom. The highest BCUT2D eigenvalue weighted by Gasteiger charge is 2.24. The van der Waals surface area contributed by atoms with Crippen LogP contribution in [0.4, 0.5) is 0 Å². The second-order valence-corrected chi connectivity index (χ2v) is 5.90. The van der Waals surface area contributed by atoms with Gasteiger partial charge in [-0.05, 0) is 19.8 Å². The molecule has 2 atom stereocenters. The van der Waals surface area contributed by atoms with Gasteiger partial charge in [0, 0.05) is 31.7 Å². The molecule has 1 aliphatic rings. The van der Waals surface area contributed by atoms with Crippen LogP contribution in [0.3, 0.4) is 0 Å². The van der Waals surface area contributed by atoms with Crippen molar-refractivity contribution in [3.8, 4) is 0 Å². The second-order valence-electron chi connectivity index (χ2n) is 5.90. The molecule has 0 spiro atoms. The molecule has 1 saturated heterocycles. The monoisotopic (exact) mass is 265 g/mol. The summed E-state index contributed by atoms with van der Waals surface area (Å²) in [5.74, 6) is 1.81. The lowest BCUT2D eigenvalue weighted by molar-refractivity contribution is 0.156. The van der Waals surface area contributed by atoms with Crippen LogP contribution in [0, 0.1) is 5.92 Å². The lowest BCUT2D eigenvalue weighted by Crippen LogP contribution is -2.53. The summed E-state index contributed by atoms with van der Waals surface area (Å²) in [7, 11) is 0. The number of hydrogen-bond acceptors (Lipinski definition) is 4. The van der Waals surface area contributed by atoms with Crippen LogP contribution in [0.5, 0.6) is 0 Å². The van der Waals surface area contributed by atoms with Crippen molar-refractivity contribution in [1.82, 2.24) is 25.0 Å². The largest absolute Gasteiger partial charge is 0.311 e. The maximum atomic E-state index is 4.41. The van der Waals surface area contributed by atoms with Crippen molar-refractivity contribution >= 4 is 0 Å². The minimum absolute atomic E-state index is 0.380. The summed E-state index contributed by atoms with van der Waals surface area (Å²) in [5, 5.41) is 7.95. The number of nitrogens with one attached hydrogen (secondary N) is 1. The summed E-state index contributed by atoms with van der Waals surface area (Å²) in [5.41, 5.74) is 0. The molecule has 2 unspecified atom stereocenters. The van der Waals surface area contributed by atoms with Gasteiger partial charge >= 0.3 is 0 Å². The van der Waals surface area contributed by atoms with Gasteiger partial charge in [-0.2, -0.15) is 5.10 Å². The van der Waals surface area contributed by atoms with Crippen molar-refractivity contribution in [2.75, 3.05) is 19.6 Å². The molecule has 1 fully saturated rings. The van der Waals surface area contributed by atoms with E-state index in [0.29, 0.717) is 12.1 Å². The third-order valence-electron chi connectivity index (χ3n) is 4.12. The van der Waals surface area contributed by atoms with E-state index in [2.05, 4.69) is 48.0 Å². The van der Waals surface area contributed by atoms with Crippen molar-refractivity contribution in [2.24, 2.45) is 5.92 Å². The highest BCUT2D eigenvalue weighted by Crippen LogP contribution is 2.14. The third-order valence-corrected chi connectivity index (χ3v) is 4.12. The van der Waals surface area contributed by atoms with Crippen molar-refractivity contribution < 1.29 is 0 Å². The van der Waals surface area contributed by atoms with E-state index >= 15 is 0 Å². The lowest BCUT2D eigenvalue weighted by atomic mass is 9.97. The fraction of sp³-hybridized carbons (Fsp3) is 0.857. The Balaban J connectivity index is 1.97. The molecular weight excluding hydrogens is 238 g/mol. The molecular formula is C14H27N5. The number of aromatic nitrogens is 3. The molecule has 19 heavy (non-hydrogen) atoms. The average molecular weight is 265 g/mol. The van der Waals surface area contributed by atoms with Crippen molar-refractivity contribution in [3.63, 3.8) is 0 Å². The molecule has 0 aromatic carbocycles. The number of piperazine rings is 1. The van der Waals surface area contributed by atoms with Gasteiger partial charge in [-0.25, -0.2) is 9.67 Å². The molecule has 1 N–H and O–H groups in total. The molecule has 0 radical (unpaired) electrons. The van der Waals surface area contributed by atoms with E-state index in [4.69, 9.17) is 0 Å². The average Bonchev–Trinajstić information content (AvgIpc) is 2.86. The van der Waals surface area contributed by atoms with E-state index in [1.165, 1.54) is 6.42 Å². The Morgan fingerprint density at radius 2 is 2.21 bits per heavy atom. The molecule has 1 aliphatic heterocycles. The number of hydrogen-bond donors (Lipinski definition) is 1. The van der Waals surface area contributed by atoms with Gasteiger partial charge in [-0.15, -0.1) is 0 Å². The summed E-state index contributed by atoms with van der Waals surface area (Å²) in [4.78, 5) is 6.91. The first-order valence-corrected chi connectivity index (χ1v) is 7.46. The van der Waals surface area contributed by atoms with E-state index in [1.54, 1.807) is 6.33 Å². The highest BCUT2D eigenvalue weighted by molar-refractivity contribution is 4.90. The smallest absolute Gasteiger partial charge is 0.141 e. The van der Waals surface area contributed by atoms with Crippen LogP contribution in [-0.2, 0) is 6.54 Å². The Bertz CT molecular complexity index is 387. The molecule has 5 heteroatoms. The van der Waals surface area contributed by atoms with Gasteiger partial charge in [0.15, 0.2) is 0 Å². The van der Waals surface area contributed by atoms with E-state index in [1.807, 2.05) is 4.68 Å². The molecule has 0 amide bonds. The van der Waals surface area contributed by atoms with Crippen LogP contribution in [0.1, 0.15) is 46.0 Å². The molecule has 1 aromatic rings. The number of nitrogens with zero attached hydrogens (tertiary/aromatic N) is 4. The molecule has 2 rings (SSSR count). The van der Waals surface area contributed by atoms with Gasteiger partial charge in [0.2, 0.25) is 0 Å². The summed E-state index contributed by atoms with van der Waals surface area (Å²) in [6.07, 6.45) is 2.90. The standard InChI is InChI=1S/C14H27N5/c1-5-12(4)13-8-18(7-6-15-13)9-14-16-10-17-19(14)11(2)3/h10-13,15H,5-9H2,1-4H3. The fourth-order valence-electron chi connectivity index (χ4n) is 2.67. The molecule has 0 aliphatic carbocycles. The summed E-state index contributed by atoms with van der Waals surface area (Å²) >= 11 is 0. The minimum atomic E-state index is 0.380. The molecule has 5 nitrogen and oxygen atoms in total. The zero-order valence-corrected chi connectivity index (χ0v) is 12.6. The van der Waals surface area contributed by atoms with Crippen molar-refractivity contribution in [2.45, 2.75) is 52.7 Å². The molecule has 1 aromatic heterocycles. The molecule has 0 saturated carbocycles. The maximum absolute atomic E-state index is 4.41. The molecule has 0 bridgehead atoms. The predicted molar refractivity (Wildman–Crippen MR) is 76.9 cm³/mol. The Kier molecular flexibility index (Phi) is 4.93. The molecule has 108 valence electrons. The van der Waals surface area contributed by atoms with Crippen LogP contribution in [0.15, 0.2) is 6.33 Å². The van der Waals surface area contributed by atoms with Crippen molar-refractivity contribution in [1.29, 1.82) is 0 Å². The predicted octanol–water partition coefficient (Wildman–Crippen LogP) is 1.68. The van der Waals surface area contributed by atoms with E-state index in [-0.39, 0.29) is 0 Å². The van der Waals surface area contributed by atoms with Crippen molar-refractivity contribution in [3.05, 3.63) is 12.2 Å². The van der Waals surface area contributed by atoms with Gasteiger partial charge in [0.05, 0.1) is 6.54 Å². The van der Waals surface area contributed by atoms with Crippen LogP contribution in [0.2, 0.25) is 0 Å². The summed E-state index contributed by atoms with van der Waals surface area (Å²) < 4.78 is 2.03. The summed E-state index contributed by atoms with van der Waals surface area (Å²) in [6.45, 7) is 13.1. The Hall–Kier alpha value is -0.940. The van der Waals surface area contributed by atoms with Gasteiger partial charge < -0.3 is 5.32 Å². The Morgan fingerprint density at radius 1 is 1.42 bits per heavy atom. The van der Waals surface area contributed by atoms with Gasteiger partial charge in [-0.3, -0.25) is 4.90 Å². The number of rotatable bonds is 5. The van der Waals surface area contributed by atoms with E-state index in [9.17, 15) is 0 Å². The first kappa shape index (κ1) is 14.5. The van der Waals surface area contributed by atoms with Gasteiger partial charge in [0.1, 0.15) is 12.2 Å². The third kappa shape index (κ3) is 3.54. The first-order chi connectivity index (χ1) is 9.11. The fourth-order valence-corrected chi connectivity index (χ4v) is 2.67. The van der Waals surface area contributed by atoms with Gasteiger partial charge in [0.25, 0.3) is 0 Å². The Labute approximate surface area is 116 Å². The SMILES string of the molecule is CCC(C)C1CN(Cc2ncnn2C(C)C)CCN1. The zero-order chi connectivity index (χ0) is 13.8. The normalized spacial score (nSPS) is 22.9. The minimum Gasteiger partial charge on any atom is -0.311 e. The summed E-state index contributed by atoms with van der Waals surface area (Å²) in [6, 6.07) is 0.986. The lowest BCUT2D eigenvalue weighted by Gasteiger charge is -2.36. The zero-order valence-electron chi connectivity index (χ0n) is 12.6. The van der Waals surface area contributed by atoms with Crippen LogP contribution >= 0.6 is 0 Å². The topological polar surface area (TPSA) is 46.0 Å². The van der Waals surface area contributed by atoms with Crippen LogP contribution < -0.4 is 5.32 Å². The second kappa shape index (κ2) is 6.48. The quantitative estimate of drug-likeness (QED) is 0.880. The van der Waals surface area contributed by atoms with E-state index in [0.717, 1.165) is 37.9 Å². The van der Waals surface area contributed by atoms with E-state index < -0.39 is 0 Å². The van der Waals surface area contributed by atoms with Crippen LogP contribution in [0.25, 0.3) is 0 Å². The van der Waals surface area contributed by atoms with Crippen LogP contribution in [-0.4, -0.2) is 45.3 Å². The highest BCUT2D eigenvalue weighted by atomic mass is 15.4. The first-order valence-electron chi connectivity index (χ1n) is 7.46. The van der Waals surface area contributed by atoms with Gasteiger partial charge in [-0.1, -0.05) is 20.3 Å². The maximum Gasteiger partial charge on any atom is 0.141 e. The molecule has 2 heterocycles.